The zero-order valence-corrected chi connectivity index (χ0v) is 8.00. The Kier molecular flexibility index (Phi) is 4.50. The van der Waals surface area contributed by atoms with Gasteiger partial charge in [0.1, 0.15) is 6.10 Å². The smallest absolute Gasteiger partial charge is 0.173 e. The number of ether oxygens (including phenoxy) is 2. The lowest BCUT2D eigenvalue weighted by Gasteiger charge is -2.36. The highest BCUT2D eigenvalue weighted by atomic mass is 16.7. The van der Waals surface area contributed by atoms with E-state index in [1.54, 1.807) is 6.08 Å². The Balaban J connectivity index is 2.46. The molecule has 2 unspecified atom stereocenters. The fourth-order valence-electron chi connectivity index (χ4n) is 1.40. The van der Waals surface area contributed by atoms with Crippen LogP contribution in [0.1, 0.15) is 6.42 Å². The van der Waals surface area contributed by atoms with E-state index in [2.05, 4.69) is 6.58 Å². The summed E-state index contributed by atoms with van der Waals surface area (Å²) in [5.74, 6) is 0. The molecule has 0 amide bonds. The van der Waals surface area contributed by atoms with Crippen LogP contribution in [0.5, 0.6) is 0 Å². The second kappa shape index (κ2) is 5.43. The van der Waals surface area contributed by atoms with Gasteiger partial charge in [-0.05, 0) is 6.42 Å². The molecule has 14 heavy (non-hydrogen) atoms. The van der Waals surface area contributed by atoms with Crippen molar-refractivity contribution < 1.29 is 19.7 Å². The van der Waals surface area contributed by atoms with Crippen LogP contribution in [0.2, 0.25) is 0 Å². The van der Waals surface area contributed by atoms with E-state index in [0.717, 1.165) is 0 Å². The number of aliphatic hydroxyl groups is 2. The normalized spacial score (nSPS) is 38.2. The minimum absolute atomic E-state index is 0.234. The molecule has 1 saturated heterocycles. The molecule has 4 atom stereocenters. The molecule has 0 aromatic carbocycles. The topological polar surface area (TPSA) is 84.9 Å². The van der Waals surface area contributed by atoms with E-state index >= 15 is 0 Å². The molecule has 0 aromatic heterocycles. The van der Waals surface area contributed by atoms with Gasteiger partial charge in [0.25, 0.3) is 0 Å². The molecule has 5 nitrogen and oxygen atoms in total. The van der Waals surface area contributed by atoms with Crippen molar-refractivity contribution in [3.05, 3.63) is 12.7 Å². The van der Waals surface area contributed by atoms with Crippen LogP contribution < -0.4 is 5.73 Å². The molecule has 5 heteroatoms. The summed E-state index contributed by atoms with van der Waals surface area (Å²) in [7, 11) is 0. The van der Waals surface area contributed by atoms with E-state index in [1.807, 2.05) is 0 Å². The first-order valence-corrected chi connectivity index (χ1v) is 4.61. The number of hydrogen-bond donors (Lipinski definition) is 3. The lowest BCUT2D eigenvalue weighted by atomic mass is 10.0. The Bertz CT molecular complexity index is 188. The second-order valence-electron chi connectivity index (χ2n) is 3.31. The molecule has 1 aliphatic heterocycles. The summed E-state index contributed by atoms with van der Waals surface area (Å²) in [6.07, 6.45) is 0.0546. The van der Waals surface area contributed by atoms with E-state index in [1.165, 1.54) is 0 Å². The largest absolute Gasteiger partial charge is 0.394 e. The summed E-state index contributed by atoms with van der Waals surface area (Å²) in [4.78, 5) is 0. The van der Waals surface area contributed by atoms with Crippen molar-refractivity contribution in [3.8, 4) is 0 Å². The average molecular weight is 203 g/mol. The number of hydrogen-bond acceptors (Lipinski definition) is 5. The lowest BCUT2D eigenvalue weighted by Crippen LogP contribution is -2.53. The van der Waals surface area contributed by atoms with Gasteiger partial charge in [0.05, 0.1) is 25.4 Å². The first kappa shape index (κ1) is 11.6. The maximum Gasteiger partial charge on any atom is 0.173 e. The third-order valence-corrected chi connectivity index (χ3v) is 2.16. The molecule has 1 aliphatic rings. The maximum atomic E-state index is 9.44. The molecular formula is C9H17NO4. The monoisotopic (exact) mass is 203 g/mol. The molecule has 0 aromatic rings. The van der Waals surface area contributed by atoms with Crippen LogP contribution in [0.25, 0.3) is 0 Å². The van der Waals surface area contributed by atoms with E-state index in [0.29, 0.717) is 13.0 Å². The highest BCUT2D eigenvalue weighted by Crippen LogP contribution is 2.19. The van der Waals surface area contributed by atoms with Crippen molar-refractivity contribution in [1.82, 2.24) is 0 Å². The van der Waals surface area contributed by atoms with Crippen molar-refractivity contribution >= 4 is 0 Å². The summed E-state index contributed by atoms with van der Waals surface area (Å²) < 4.78 is 10.5. The van der Waals surface area contributed by atoms with Crippen molar-refractivity contribution in [2.45, 2.75) is 31.0 Å². The van der Waals surface area contributed by atoms with Gasteiger partial charge in [0.2, 0.25) is 0 Å². The number of rotatable bonds is 4. The van der Waals surface area contributed by atoms with Crippen molar-refractivity contribution in [2.75, 3.05) is 13.2 Å². The zero-order chi connectivity index (χ0) is 10.6. The Morgan fingerprint density at radius 2 is 2.36 bits per heavy atom. The third kappa shape index (κ3) is 2.76. The van der Waals surface area contributed by atoms with Crippen LogP contribution in [-0.4, -0.2) is 48.0 Å². The lowest BCUT2D eigenvalue weighted by molar-refractivity contribution is -0.233. The molecule has 1 heterocycles. The van der Waals surface area contributed by atoms with Crippen LogP contribution in [0.4, 0.5) is 0 Å². The highest BCUT2D eigenvalue weighted by molar-refractivity contribution is 4.83. The van der Waals surface area contributed by atoms with Crippen LogP contribution in [0.3, 0.4) is 0 Å². The van der Waals surface area contributed by atoms with Crippen LogP contribution >= 0.6 is 0 Å². The van der Waals surface area contributed by atoms with Crippen molar-refractivity contribution in [3.63, 3.8) is 0 Å². The Morgan fingerprint density at radius 3 is 2.93 bits per heavy atom. The fraction of sp³-hybridized carbons (Fsp3) is 0.778. The molecule has 4 N–H and O–H groups in total. The minimum Gasteiger partial charge on any atom is -0.394 e. The molecule has 1 fully saturated rings. The van der Waals surface area contributed by atoms with Gasteiger partial charge in [0.15, 0.2) is 6.29 Å². The predicted molar refractivity (Wildman–Crippen MR) is 50.5 cm³/mol. The molecule has 82 valence electrons. The SMILES string of the molecule is C=CCO[C@@H]1OC(CO)[C@@H](O)CC1N. The quantitative estimate of drug-likeness (QED) is 0.509. The molecule has 0 spiro atoms. The summed E-state index contributed by atoms with van der Waals surface area (Å²) in [5, 5.41) is 18.3. The van der Waals surface area contributed by atoms with E-state index in [-0.39, 0.29) is 12.6 Å². The summed E-state index contributed by atoms with van der Waals surface area (Å²) in [6.45, 7) is 3.61. The third-order valence-electron chi connectivity index (χ3n) is 2.16. The molecule has 0 bridgehead atoms. The van der Waals surface area contributed by atoms with Gasteiger partial charge in [0, 0.05) is 0 Å². The fourth-order valence-corrected chi connectivity index (χ4v) is 1.40. The zero-order valence-electron chi connectivity index (χ0n) is 8.00. The van der Waals surface area contributed by atoms with E-state index in [4.69, 9.17) is 20.3 Å². The van der Waals surface area contributed by atoms with Gasteiger partial charge in [-0.3, -0.25) is 0 Å². The molecule has 0 radical (unpaired) electrons. The van der Waals surface area contributed by atoms with Crippen molar-refractivity contribution in [2.24, 2.45) is 5.73 Å². The van der Waals surface area contributed by atoms with Crippen LogP contribution in [-0.2, 0) is 9.47 Å². The van der Waals surface area contributed by atoms with E-state index < -0.39 is 18.5 Å². The molecule has 0 saturated carbocycles. The minimum atomic E-state index is -0.724. The summed E-state index contributed by atoms with van der Waals surface area (Å²) >= 11 is 0. The summed E-state index contributed by atoms with van der Waals surface area (Å²) in [5.41, 5.74) is 5.70. The van der Waals surface area contributed by atoms with Crippen LogP contribution in [0.15, 0.2) is 12.7 Å². The van der Waals surface area contributed by atoms with Gasteiger partial charge in [-0.15, -0.1) is 6.58 Å². The van der Waals surface area contributed by atoms with Gasteiger partial charge in [-0.1, -0.05) is 6.08 Å². The van der Waals surface area contributed by atoms with Gasteiger partial charge >= 0.3 is 0 Å². The van der Waals surface area contributed by atoms with E-state index in [9.17, 15) is 5.11 Å². The Hall–Kier alpha value is -0.460. The Labute approximate surface area is 83.1 Å². The Morgan fingerprint density at radius 1 is 1.64 bits per heavy atom. The van der Waals surface area contributed by atoms with Gasteiger partial charge in [-0.2, -0.15) is 0 Å². The first-order chi connectivity index (χ1) is 6.69. The van der Waals surface area contributed by atoms with Crippen molar-refractivity contribution in [1.29, 1.82) is 0 Å². The summed E-state index contributed by atoms with van der Waals surface area (Å²) in [6, 6.07) is -0.368. The standard InChI is InChI=1S/C9H17NO4/c1-2-3-13-9-6(10)4-7(12)8(5-11)14-9/h2,6-9,11-12H,1,3-5,10H2/t6?,7-,8?,9+/m0/s1. The van der Waals surface area contributed by atoms with Gasteiger partial charge < -0.3 is 25.4 Å². The van der Waals surface area contributed by atoms with Gasteiger partial charge in [-0.25, -0.2) is 0 Å². The molecular weight excluding hydrogens is 186 g/mol. The second-order valence-corrected chi connectivity index (χ2v) is 3.31. The van der Waals surface area contributed by atoms with Crippen LogP contribution in [0, 0.1) is 0 Å². The predicted octanol–water partition coefficient (Wildman–Crippen LogP) is -1.02. The maximum absolute atomic E-state index is 9.44. The molecule has 1 rings (SSSR count). The average Bonchev–Trinajstić information content (AvgIpc) is 2.17. The highest BCUT2D eigenvalue weighted by Gasteiger charge is 2.35. The number of nitrogens with two attached hydrogens (primary N) is 1. The first-order valence-electron chi connectivity index (χ1n) is 4.61. The number of aliphatic hydroxyl groups excluding tert-OH is 2. The molecule has 0 aliphatic carbocycles.